The predicted molar refractivity (Wildman–Crippen MR) is 85.3 cm³/mol. The molecule has 0 aliphatic carbocycles. The van der Waals surface area contributed by atoms with Crippen molar-refractivity contribution >= 4 is 10.0 Å². The first-order valence-electron chi connectivity index (χ1n) is 7.62. The number of nitrogens with one attached hydrogen (secondary N) is 1. The average molecular weight is 305 g/mol. The van der Waals surface area contributed by atoms with Crippen molar-refractivity contribution < 1.29 is 8.42 Å². The molecule has 1 N–H and O–H groups in total. The van der Waals surface area contributed by atoms with E-state index < -0.39 is 10.0 Å². The standard InChI is InChI=1S/C15H32N2O2S/c1-14(2,3)12-20(18,19)17-9-7-13(8-10-17)11-16-15(4,5)6/h13,16H,7-12H2,1-6H3. The van der Waals surface area contributed by atoms with Crippen LogP contribution in [0.2, 0.25) is 0 Å². The Morgan fingerprint density at radius 1 is 1.05 bits per heavy atom. The van der Waals surface area contributed by atoms with Gasteiger partial charge in [-0.25, -0.2) is 12.7 Å². The van der Waals surface area contributed by atoms with E-state index in [1.807, 2.05) is 20.8 Å². The molecule has 1 aliphatic heterocycles. The van der Waals surface area contributed by atoms with Crippen molar-refractivity contribution in [2.24, 2.45) is 11.3 Å². The first kappa shape index (κ1) is 17.9. The van der Waals surface area contributed by atoms with Crippen molar-refractivity contribution in [1.29, 1.82) is 0 Å². The van der Waals surface area contributed by atoms with E-state index in [0.717, 1.165) is 19.4 Å². The molecule has 20 heavy (non-hydrogen) atoms. The van der Waals surface area contributed by atoms with Gasteiger partial charge in [-0.3, -0.25) is 0 Å². The summed E-state index contributed by atoms with van der Waals surface area (Å²) in [5.74, 6) is 0.834. The van der Waals surface area contributed by atoms with Gasteiger partial charge in [0.05, 0.1) is 5.75 Å². The zero-order chi connectivity index (χ0) is 15.6. The maximum absolute atomic E-state index is 12.3. The molecule has 0 saturated carbocycles. The molecule has 1 aliphatic rings. The third kappa shape index (κ3) is 6.55. The lowest BCUT2D eigenvalue weighted by molar-refractivity contribution is 0.249. The van der Waals surface area contributed by atoms with E-state index >= 15 is 0 Å². The van der Waals surface area contributed by atoms with Crippen molar-refractivity contribution in [3.8, 4) is 0 Å². The zero-order valence-electron chi connectivity index (χ0n) is 14.0. The minimum atomic E-state index is -3.09. The monoisotopic (exact) mass is 304 g/mol. The third-order valence-corrected chi connectivity index (χ3v) is 5.89. The summed E-state index contributed by atoms with van der Waals surface area (Å²) >= 11 is 0. The van der Waals surface area contributed by atoms with E-state index in [-0.39, 0.29) is 16.7 Å². The van der Waals surface area contributed by atoms with Crippen LogP contribution in [-0.2, 0) is 10.0 Å². The smallest absolute Gasteiger partial charge is 0.214 e. The molecule has 0 spiro atoms. The fourth-order valence-corrected chi connectivity index (χ4v) is 4.52. The molecule has 0 aromatic carbocycles. The van der Waals surface area contributed by atoms with Crippen molar-refractivity contribution in [3.63, 3.8) is 0 Å². The Kier molecular flexibility index (Phi) is 5.67. The first-order chi connectivity index (χ1) is 8.89. The summed E-state index contributed by atoms with van der Waals surface area (Å²) in [6, 6.07) is 0. The average Bonchev–Trinajstić information content (AvgIpc) is 2.22. The van der Waals surface area contributed by atoms with Crippen molar-refractivity contribution in [1.82, 2.24) is 9.62 Å². The molecule has 0 aromatic rings. The van der Waals surface area contributed by atoms with Crippen LogP contribution in [0, 0.1) is 11.3 Å². The molecule has 1 rings (SSSR count). The Labute approximate surface area is 125 Å². The Hall–Kier alpha value is -0.130. The normalized spacial score (nSPS) is 20.3. The number of rotatable bonds is 4. The van der Waals surface area contributed by atoms with Crippen LogP contribution in [-0.4, -0.2) is 43.6 Å². The van der Waals surface area contributed by atoms with Crippen molar-refractivity contribution in [3.05, 3.63) is 0 Å². The lowest BCUT2D eigenvalue weighted by Crippen LogP contribution is -2.45. The number of hydrogen-bond acceptors (Lipinski definition) is 3. The molecule has 5 heteroatoms. The third-order valence-electron chi connectivity index (χ3n) is 3.50. The van der Waals surface area contributed by atoms with Crippen LogP contribution in [0.1, 0.15) is 54.4 Å². The number of nitrogens with zero attached hydrogens (tertiary/aromatic N) is 1. The minimum Gasteiger partial charge on any atom is -0.312 e. The highest BCUT2D eigenvalue weighted by molar-refractivity contribution is 7.89. The Balaban J connectivity index is 2.46. The number of piperidine rings is 1. The van der Waals surface area contributed by atoms with Crippen LogP contribution >= 0.6 is 0 Å². The molecule has 1 saturated heterocycles. The van der Waals surface area contributed by atoms with E-state index in [1.54, 1.807) is 4.31 Å². The second-order valence-electron chi connectivity index (χ2n) is 8.29. The largest absolute Gasteiger partial charge is 0.312 e. The van der Waals surface area contributed by atoms with Gasteiger partial charge in [-0.15, -0.1) is 0 Å². The minimum absolute atomic E-state index is 0.134. The fraction of sp³-hybridized carbons (Fsp3) is 1.00. The summed E-state index contributed by atoms with van der Waals surface area (Å²) < 4.78 is 26.4. The summed E-state index contributed by atoms with van der Waals surface area (Å²) in [4.78, 5) is 0. The van der Waals surface area contributed by atoms with Gasteiger partial charge in [0, 0.05) is 18.6 Å². The molecule has 0 radical (unpaired) electrons. The molecule has 0 aromatic heterocycles. The van der Waals surface area contributed by atoms with Crippen LogP contribution in [0.5, 0.6) is 0 Å². The summed E-state index contributed by atoms with van der Waals surface area (Å²) in [6.45, 7) is 14.8. The molecule has 4 nitrogen and oxygen atoms in total. The molecular formula is C15H32N2O2S. The predicted octanol–water partition coefficient (Wildman–Crippen LogP) is 2.46. The van der Waals surface area contributed by atoms with E-state index in [1.165, 1.54) is 0 Å². The van der Waals surface area contributed by atoms with E-state index in [4.69, 9.17) is 0 Å². The Bertz CT molecular complexity index is 397. The Morgan fingerprint density at radius 2 is 1.55 bits per heavy atom. The second kappa shape index (κ2) is 6.32. The van der Waals surface area contributed by atoms with Crippen LogP contribution in [0.25, 0.3) is 0 Å². The SMILES string of the molecule is CC(C)(C)CS(=O)(=O)N1CCC(CNC(C)(C)C)CC1. The first-order valence-corrected chi connectivity index (χ1v) is 9.23. The maximum atomic E-state index is 12.3. The number of sulfonamides is 1. The number of hydrogen-bond donors (Lipinski definition) is 1. The van der Waals surface area contributed by atoms with Gasteiger partial charge in [0.2, 0.25) is 10.0 Å². The van der Waals surface area contributed by atoms with E-state index in [9.17, 15) is 8.42 Å². The van der Waals surface area contributed by atoms with Gasteiger partial charge < -0.3 is 5.32 Å². The van der Waals surface area contributed by atoms with Crippen molar-refractivity contribution in [2.45, 2.75) is 59.9 Å². The van der Waals surface area contributed by atoms with Crippen LogP contribution in [0.3, 0.4) is 0 Å². The molecule has 0 bridgehead atoms. The fourth-order valence-electron chi connectivity index (χ4n) is 2.48. The van der Waals surface area contributed by atoms with Crippen molar-refractivity contribution in [2.75, 3.05) is 25.4 Å². The zero-order valence-corrected chi connectivity index (χ0v) is 14.8. The van der Waals surface area contributed by atoms with Gasteiger partial charge in [0.15, 0.2) is 0 Å². The molecule has 0 amide bonds. The van der Waals surface area contributed by atoms with E-state index in [0.29, 0.717) is 19.0 Å². The van der Waals surface area contributed by atoms with E-state index in [2.05, 4.69) is 26.1 Å². The van der Waals surface area contributed by atoms with Gasteiger partial charge in [-0.2, -0.15) is 0 Å². The second-order valence-corrected chi connectivity index (χ2v) is 10.3. The molecule has 120 valence electrons. The molecule has 0 atom stereocenters. The summed E-state index contributed by atoms with van der Waals surface area (Å²) in [5, 5.41) is 3.52. The summed E-state index contributed by atoms with van der Waals surface area (Å²) in [7, 11) is -3.09. The summed E-state index contributed by atoms with van der Waals surface area (Å²) in [6.07, 6.45) is 1.93. The lowest BCUT2D eigenvalue weighted by Gasteiger charge is -2.34. The van der Waals surface area contributed by atoms with Crippen LogP contribution in [0.4, 0.5) is 0 Å². The Morgan fingerprint density at radius 3 is 1.95 bits per heavy atom. The van der Waals surface area contributed by atoms with Crippen LogP contribution < -0.4 is 5.32 Å². The quantitative estimate of drug-likeness (QED) is 0.868. The molecule has 0 unspecified atom stereocenters. The maximum Gasteiger partial charge on any atom is 0.214 e. The van der Waals surface area contributed by atoms with Gasteiger partial charge in [-0.05, 0) is 51.5 Å². The lowest BCUT2D eigenvalue weighted by atomic mass is 9.97. The van der Waals surface area contributed by atoms with Crippen LogP contribution in [0.15, 0.2) is 0 Å². The molecule has 1 heterocycles. The summed E-state index contributed by atoms with van der Waals surface area (Å²) in [5.41, 5.74) is -0.0427. The highest BCUT2D eigenvalue weighted by Crippen LogP contribution is 2.24. The molecular weight excluding hydrogens is 272 g/mol. The van der Waals surface area contributed by atoms with Gasteiger partial charge >= 0.3 is 0 Å². The molecule has 1 fully saturated rings. The van der Waals surface area contributed by atoms with Gasteiger partial charge in [0.25, 0.3) is 0 Å². The highest BCUT2D eigenvalue weighted by atomic mass is 32.2. The topological polar surface area (TPSA) is 49.4 Å². The highest BCUT2D eigenvalue weighted by Gasteiger charge is 2.31. The van der Waals surface area contributed by atoms with Gasteiger partial charge in [-0.1, -0.05) is 20.8 Å². The van der Waals surface area contributed by atoms with Gasteiger partial charge in [0.1, 0.15) is 0 Å².